The fraction of sp³-hybridized carbons (Fsp3) is 0.357. The van der Waals surface area contributed by atoms with Gasteiger partial charge in [-0.05, 0) is 24.1 Å². The number of benzene rings is 1. The number of nitrogens with zero attached hydrogens (tertiary/aromatic N) is 2. The van der Waals surface area contributed by atoms with E-state index in [-0.39, 0.29) is 5.82 Å². The van der Waals surface area contributed by atoms with Crippen LogP contribution in [0.5, 0.6) is 0 Å². The van der Waals surface area contributed by atoms with Gasteiger partial charge in [0, 0.05) is 6.42 Å². The average molecular weight is 309 g/mol. The summed E-state index contributed by atoms with van der Waals surface area (Å²) in [6.45, 7) is 1.93. The minimum atomic E-state index is -0.896. The second-order valence-electron chi connectivity index (χ2n) is 4.63. The molecule has 1 aromatic heterocycles. The number of halogens is 1. The molecule has 2 rings (SSSR count). The molecule has 1 unspecified atom stereocenters. The van der Waals surface area contributed by atoms with Crippen LogP contribution >= 0.6 is 11.3 Å². The molecule has 1 aromatic carbocycles. The maximum Gasteiger partial charge on any atom is 0.326 e. The molecular weight excluding hydrogens is 293 g/mol. The van der Waals surface area contributed by atoms with E-state index in [1.807, 2.05) is 6.92 Å². The Labute approximate surface area is 125 Å². The Kier molecular flexibility index (Phi) is 5.21. The van der Waals surface area contributed by atoms with Crippen LogP contribution in [0.15, 0.2) is 24.3 Å². The Balaban J connectivity index is 2.00. The normalized spacial score (nSPS) is 12.1. The fourth-order valence-electron chi connectivity index (χ4n) is 1.86. The van der Waals surface area contributed by atoms with Crippen molar-refractivity contribution in [3.8, 4) is 0 Å². The second kappa shape index (κ2) is 7.12. The Morgan fingerprint density at radius 2 is 2.10 bits per heavy atom. The van der Waals surface area contributed by atoms with E-state index >= 15 is 0 Å². The van der Waals surface area contributed by atoms with E-state index in [2.05, 4.69) is 15.5 Å². The van der Waals surface area contributed by atoms with Crippen LogP contribution in [0.1, 0.15) is 30.3 Å². The van der Waals surface area contributed by atoms with E-state index in [4.69, 9.17) is 5.11 Å². The van der Waals surface area contributed by atoms with E-state index in [1.165, 1.54) is 23.5 Å². The molecule has 0 spiro atoms. The molecule has 0 saturated carbocycles. The number of nitrogens with one attached hydrogen (secondary N) is 1. The molecule has 0 aliphatic heterocycles. The van der Waals surface area contributed by atoms with Crippen LogP contribution in [-0.4, -0.2) is 27.3 Å². The van der Waals surface area contributed by atoms with Crippen LogP contribution in [0.4, 0.5) is 9.52 Å². The smallest absolute Gasteiger partial charge is 0.326 e. The van der Waals surface area contributed by atoms with Gasteiger partial charge in [0.25, 0.3) is 0 Å². The topological polar surface area (TPSA) is 75.1 Å². The third-order valence-corrected chi connectivity index (χ3v) is 3.76. The second-order valence-corrected chi connectivity index (χ2v) is 5.69. The molecule has 0 bridgehead atoms. The first-order valence-corrected chi connectivity index (χ1v) is 7.46. The van der Waals surface area contributed by atoms with Gasteiger partial charge in [-0.25, -0.2) is 9.18 Å². The fourth-order valence-corrected chi connectivity index (χ4v) is 2.68. The van der Waals surface area contributed by atoms with Crippen molar-refractivity contribution in [1.29, 1.82) is 0 Å². The van der Waals surface area contributed by atoms with Crippen LogP contribution < -0.4 is 5.32 Å². The number of anilines is 1. The number of rotatable bonds is 7. The average Bonchev–Trinajstić information content (AvgIpc) is 2.88. The first kappa shape index (κ1) is 15.4. The van der Waals surface area contributed by atoms with E-state index in [1.54, 1.807) is 12.1 Å². The highest BCUT2D eigenvalue weighted by molar-refractivity contribution is 7.15. The molecule has 112 valence electrons. The summed E-state index contributed by atoms with van der Waals surface area (Å²) in [6, 6.07) is 5.54. The number of carboxylic acids is 1. The van der Waals surface area contributed by atoms with E-state index in [0.29, 0.717) is 18.0 Å². The zero-order valence-electron chi connectivity index (χ0n) is 11.5. The van der Waals surface area contributed by atoms with Gasteiger partial charge in [0.1, 0.15) is 16.9 Å². The lowest BCUT2D eigenvalue weighted by atomic mass is 10.2. The highest BCUT2D eigenvalue weighted by Gasteiger charge is 2.18. The number of hydrogen-bond acceptors (Lipinski definition) is 5. The first-order chi connectivity index (χ1) is 10.1. The van der Waals surface area contributed by atoms with Crippen molar-refractivity contribution in [2.24, 2.45) is 0 Å². The number of carboxylic acid groups (broad SMARTS) is 1. The molecule has 7 heteroatoms. The van der Waals surface area contributed by atoms with Gasteiger partial charge in [-0.1, -0.05) is 36.8 Å². The summed E-state index contributed by atoms with van der Waals surface area (Å²) in [7, 11) is 0. The summed E-state index contributed by atoms with van der Waals surface area (Å²) < 4.78 is 12.8. The molecule has 1 heterocycles. The van der Waals surface area contributed by atoms with Crippen LogP contribution in [0.25, 0.3) is 0 Å². The largest absolute Gasteiger partial charge is 0.480 e. The zero-order chi connectivity index (χ0) is 15.2. The van der Waals surface area contributed by atoms with Gasteiger partial charge in [0.15, 0.2) is 0 Å². The summed E-state index contributed by atoms with van der Waals surface area (Å²) >= 11 is 1.31. The summed E-state index contributed by atoms with van der Waals surface area (Å²) in [5, 5.41) is 21.2. The van der Waals surface area contributed by atoms with Gasteiger partial charge in [-0.3, -0.25) is 0 Å². The number of aliphatic carboxylic acids is 1. The molecule has 1 atom stereocenters. The molecule has 2 N–H and O–H groups in total. The molecule has 0 aliphatic rings. The summed E-state index contributed by atoms with van der Waals surface area (Å²) in [4.78, 5) is 11.1. The van der Waals surface area contributed by atoms with Gasteiger partial charge in [-0.15, -0.1) is 10.2 Å². The van der Waals surface area contributed by atoms with Crippen molar-refractivity contribution in [1.82, 2.24) is 10.2 Å². The van der Waals surface area contributed by atoms with Crippen LogP contribution in [0, 0.1) is 5.82 Å². The SMILES string of the molecule is CCCC(Nc1nnc(Cc2ccc(F)cc2)s1)C(=O)O. The third-order valence-electron chi connectivity index (χ3n) is 2.91. The maximum atomic E-state index is 12.8. The minimum Gasteiger partial charge on any atom is -0.480 e. The number of hydrogen-bond donors (Lipinski definition) is 2. The molecule has 2 aromatic rings. The molecule has 0 amide bonds. The van der Waals surface area contributed by atoms with E-state index in [0.717, 1.165) is 17.0 Å². The van der Waals surface area contributed by atoms with Gasteiger partial charge in [0.05, 0.1) is 0 Å². The first-order valence-electron chi connectivity index (χ1n) is 6.64. The number of aromatic nitrogens is 2. The van der Waals surface area contributed by atoms with Crippen molar-refractivity contribution in [2.45, 2.75) is 32.2 Å². The van der Waals surface area contributed by atoms with Gasteiger partial charge < -0.3 is 10.4 Å². The molecule has 0 aliphatic carbocycles. The minimum absolute atomic E-state index is 0.276. The van der Waals surface area contributed by atoms with E-state index in [9.17, 15) is 9.18 Å². The highest BCUT2D eigenvalue weighted by Crippen LogP contribution is 2.20. The predicted molar refractivity (Wildman–Crippen MR) is 79.1 cm³/mol. The Morgan fingerprint density at radius 1 is 1.38 bits per heavy atom. The quantitative estimate of drug-likeness (QED) is 0.822. The Bertz CT molecular complexity index is 601. The van der Waals surface area contributed by atoms with Crippen molar-refractivity contribution in [3.63, 3.8) is 0 Å². The van der Waals surface area contributed by atoms with Gasteiger partial charge >= 0.3 is 5.97 Å². The Morgan fingerprint density at radius 3 is 2.71 bits per heavy atom. The summed E-state index contributed by atoms with van der Waals surface area (Å²) in [5.74, 6) is -1.17. The lowest BCUT2D eigenvalue weighted by Crippen LogP contribution is -2.28. The van der Waals surface area contributed by atoms with Crippen LogP contribution in [0.3, 0.4) is 0 Å². The van der Waals surface area contributed by atoms with Crippen molar-refractivity contribution < 1.29 is 14.3 Å². The molecule has 5 nitrogen and oxygen atoms in total. The standard InChI is InChI=1S/C14H16FN3O2S/c1-2-3-11(13(19)20)16-14-18-17-12(21-14)8-9-4-6-10(15)7-5-9/h4-7,11H,2-3,8H2,1H3,(H,16,18)(H,19,20). The zero-order valence-corrected chi connectivity index (χ0v) is 12.4. The van der Waals surface area contributed by atoms with E-state index < -0.39 is 12.0 Å². The van der Waals surface area contributed by atoms with Crippen LogP contribution in [0.2, 0.25) is 0 Å². The molecule has 0 radical (unpaired) electrons. The van der Waals surface area contributed by atoms with Gasteiger partial charge in [0.2, 0.25) is 5.13 Å². The van der Waals surface area contributed by atoms with Crippen molar-refractivity contribution in [2.75, 3.05) is 5.32 Å². The summed E-state index contributed by atoms with van der Waals surface area (Å²) in [5.41, 5.74) is 0.933. The van der Waals surface area contributed by atoms with Crippen molar-refractivity contribution in [3.05, 3.63) is 40.7 Å². The molecular formula is C14H16FN3O2S. The lowest BCUT2D eigenvalue weighted by molar-refractivity contribution is -0.138. The maximum absolute atomic E-state index is 12.8. The predicted octanol–water partition coefficient (Wildman–Crippen LogP) is 2.93. The Hall–Kier alpha value is -2.02. The number of carbonyl (C=O) groups is 1. The van der Waals surface area contributed by atoms with Gasteiger partial charge in [-0.2, -0.15) is 0 Å². The highest BCUT2D eigenvalue weighted by atomic mass is 32.1. The molecule has 0 fully saturated rings. The summed E-state index contributed by atoms with van der Waals surface area (Å²) in [6.07, 6.45) is 1.85. The monoisotopic (exact) mass is 309 g/mol. The third kappa shape index (κ3) is 4.49. The lowest BCUT2D eigenvalue weighted by Gasteiger charge is -2.11. The van der Waals surface area contributed by atoms with Crippen molar-refractivity contribution >= 4 is 22.4 Å². The molecule has 0 saturated heterocycles. The molecule has 21 heavy (non-hydrogen) atoms. The van der Waals surface area contributed by atoms with Crippen LogP contribution in [-0.2, 0) is 11.2 Å².